The molecule has 1 N–H and O–H groups in total. The van der Waals surface area contributed by atoms with Crippen LogP contribution in [0.3, 0.4) is 0 Å². The highest BCUT2D eigenvalue weighted by molar-refractivity contribution is 8.14. The van der Waals surface area contributed by atoms with Crippen LogP contribution in [0.1, 0.15) is 10.5 Å². The van der Waals surface area contributed by atoms with Crippen molar-refractivity contribution in [3.63, 3.8) is 0 Å². The third-order valence-electron chi connectivity index (χ3n) is 1.52. The third kappa shape index (κ3) is 1.52. The molecule has 2 rings (SSSR count). The second-order valence-electron chi connectivity index (χ2n) is 2.43. The van der Waals surface area contributed by atoms with Gasteiger partial charge in [-0.3, -0.25) is 9.59 Å². The summed E-state index contributed by atoms with van der Waals surface area (Å²) in [6.45, 7) is 0.257. The fourth-order valence-corrected chi connectivity index (χ4v) is 1.74. The number of anilines is 1. The molecule has 0 saturated carbocycles. The van der Waals surface area contributed by atoms with Crippen LogP contribution in [0.15, 0.2) is 11.0 Å². The van der Waals surface area contributed by atoms with Gasteiger partial charge in [-0.25, -0.2) is 0 Å². The molecule has 0 atom stereocenters. The molecule has 0 unspecified atom stereocenters. The van der Waals surface area contributed by atoms with Crippen molar-refractivity contribution in [2.45, 2.75) is 4.90 Å². The standard InChI is InChI=1S/C7H5N3O2S/c11-3-4-1-5-7(10-9-4)8-2-6(12)13-5/h1,3H,2H2,(H,8,10). The molecule has 1 aliphatic heterocycles. The number of nitrogens with zero attached hydrogens (tertiary/aromatic N) is 2. The molecule has 0 radical (unpaired) electrons. The summed E-state index contributed by atoms with van der Waals surface area (Å²) in [7, 11) is 0. The van der Waals surface area contributed by atoms with Crippen molar-refractivity contribution in [1.82, 2.24) is 10.2 Å². The zero-order valence-electron chi connectivity index (χ0n) is 6.48. The number of carbonyl (C=O) groups excluding carboxylic acids is 2. The molecule has 5 nitrogen and oxygen atoms in total. The fraction of sp³-hybridized carbons (Fsp3) is 0.143. The molecule has 0 bridgehead atoms. The van der Waals surface area contributed by atoms with E-state index in [1.165, 1.54) is 0 Å². The number of rotatable bonds is 1. The van der Waals surface area contributed by atoms with E-state index in [9.17, 15) is 9.59 Å². The minimum Gasteiger partial charge on any atom is -0.360 e. The summed E-state index contributed by atoms with van der Waals surface area (Å²) in [4.78, 5) is 22.0. The lowest BCUT2D eigenvalue weighted by Crippen LogP contribution is -2.17. The van der Waals surface area contributed by atoms with Crippen LogP contribution in [0.5, 0.6) is 0 Å². The van der Waals surface area contributed by atoms with Crippen LogP contribution >= 0.6 is 11.8 Å². The largest absolute Gasteiger partial charge is 0.360 e. The van der Waals surface area contributed by atoms with Gasteiger partial charge in [0.15, 0.2) is 12.1 Å². The van der Waals surface area contributed by atoms with Crippen LogP contribution in [0, 0.1) is 0 Å². The quantitative estimate of drug-likeness (QED) is 0.651. The SMILES string of the molecule is O=Cc1cc2c(nn1)NCC(=O)S2. The number of hydrogen-bond acceptors (Lipinski definition) is 6. The molecule has 2 heterocycles. The Morgan fingerprint density at radius 2 is 2.38 bits per heavy atom. The van der Waals surface area contributed by atoms with Gasteiger partial charge in [-0.05, 0) is 17.8 Å². The number of hydrogen-bond donors (Lipinski definition) is 1. The second kappa shape index (κ2) is 3.14. The summed E-state index contributed by atoms with van der Waals surface area (Å²) < 4.78 is 0. The molecular weight excluding hydrogens is 190 g/mol. The van der Waals surface area contributed by atoms with Gasteiger partial charge in [0.2, 0.25) is 5.12 Å². The molecule has 6 heteroatoms. The summed E-state index contributed by atoms with van der Waals surface area (Å²) in [6, 6.07) is 1.55. The normalized spacial score (nSPS) is 14.6. The van der Waals surface area contributed by atoms with Gasteiger partial charge in [-0.15, -0.1) is 10.2 Å². The molecular formula is C7H5N3O2S. The Hall–Kier alpha value is -1.43. The predicted molar refractivity (Wildman–Crippen MR) is 46.8 cm³/mol. The van der Waals surface area contributed by atoms with E-state index in [1.54, 1.807) is 6.07 Å². The first-order valence-electron chi connectivity index (χ1n) is 3.57. The molecule has 1 aromatic heterocycles. The van der Waals surface area contributed by atoms with Crippen molar-refractivity contribution in [3.8, 4) is 0 Å². The van der Waals surface area contributed by atoms with Gasteiger partial charge in [-0.1, -0.05) is 0 Å². The van der Waals surface area contributed by atoms with E-state index < -0.39 is 0 Å². The fourth-order valence-electron chi connectivity index (χ4n) is 0.961. The van der Waals surface area contributed by atoms with Crippen molar-refractivity contribution >= 4 is 29.0 Å². The Kier molecular flexibility index (Phi) is 1.97. The third-order valence-corrected chi connectivity index (χ3v) is 2.43. The molecule has 0 spiro atoms. The molecule has 0 saturated heterocycles. The Morgan fingerprint density at radius 1 is 1.54 bits per heavy atom. The van der Waals surface area contributed by atoms with E-state index in [2.05, 4.69) is 15.5 Å². The predicted octanol–water partition coefficient (Wildman–Crippen LogP) is 0.333. The van der Waals surface area contributed by atoms with Crippen LogP contribution in [0.4, 0.5) is 5.82 Å². The number of aldehydes is 1. The maximum atomic E-state index is 11.0. The number of fused-ring (bicyclic) bond motifs is 1. The van der Waals surface area contributed by atoms with E-state index in [4.69, 9.17) is 0 Å². The minimum atomic E-state index is 0.0114. The van der Waals surface area contributed by atoms with Crippen LogP contribution in [0.25, 0.3) is 0 Å². The van der Waals surface area contributed by atoms with Gasteiger partial charge < -0.3 is 5.32 Å². The average molecular weight is 195 g/mol. The monoisotopic (exact) mass is 195 g/mol. The Morgan fingerprint density at radius 3 is 3.15 bits per heavy atom. The summed E-state index contributed by atoms with van der Waals surface area (Å²) in [5, 5.41) is 10.2. The van der Waals surface area contributed by atoms with Crippen molar-refractivity contribution in [3.05, 3.63) is 11.8 Å². The van der Waals surface area contributed by atoms with E-state index in [1.807, 2.05) is 0 Å². The Labute approximate surface area is 77.9 Å². The molecule has 66 valence electrons. The van der Waals surface area contributed by atoms with E-state index in [0.29, 0.717) is 17.0 Å². The molecule has 13 heavy (non-hydrogen) atoms. The van der Waals surface area contributed by atoms with Gasteiger partial charge >= 0.3 is 0 Å². The van der Waals surface area contributed by atoms with Crippen molar-refractivity contribution in [2.24, 2.45) is 0 Å². The second-order valence-corrected chi connectivity index (χ2v) is 3.53. The van der Waals surface area contributed by atoms with Crippen LogP contribution < -0.4 is 5.32 Å². The van der Waals surface area contributed by atoms with E-state index >= 15 is 0 Å². The van der Waals surface area contributed by atoms with Gasteiger partial charge in [0, 0.05) is 0 Å². The number of nitrogens with one attached hydrogen (secondary N) is 1. The molecule has 0 amide bonds. The topological polar surface area (TPSA) is 72.0 Å². The maximum Gasteiger partial charge on any atom is 0.212 e. The van der Waals surface area contributed by atoms with Crippen molar-refractivity contribution in [1.29, 1.82) is 0 Å². The summed E-state index contributed by atoms with van der Waals surface area (Å²) in [5.74, 6) is 0.565. The van der Waals surface area contributed by atoms with E-state index in [0.717, 1.165) is 11.8 Å². The Bertz CT molecular complexity index is 380. The zero-order chi connectivity index (χ0) is 9.26. The van der Waals surface area contributed by atoms with Gasteiger partial charge in [0.25, 0.3) is 0 Å². The first-order valence-corrected chi connectivity index (χ1v) is 4.38. The highest BCUT2D eigenvalue weighted by Crippen LogP contribution is 2.29. The summed E-state index contributed by atoms with van der Waals surface area (Å²) in [6.07, 6.45) is 0.604. The molecule has 0 aliphatic carbocycles. The highest BCUT2D eigenvalue weighted by Gasteiger charge is 2.17. The number of carbonyl (C=O) groups is 2. The molecule has 0 aromatic carbocycles. The maximum absolute atomic E-state index is 11.0. The van der Waals surface area contributed by atoms with Gasteiger partial charge in [0.05, 0.1) is 11.4 Å². The zero-order valence-corrected chi connectivity index (χ0v) is 7.30. The minimum absolute atomic E-state index is 0.0114. The number of aromatic nitrogens is 2. The lowest BCUT2D eigenvalue weighted by Gasteiger charge is -2.13. The Balaban J connectivity index is 2.43. The summed E-state index contributed by atoms with van der Waals surface area (Å²) in [5.41, 5.74) is 0.239. The van der Waals surface area contributed by atoms with Gasteiger partial charge in [0.1, 0.15) is 5.69 Å². The average Bonchev–Trinajstić information content (AvgIpc) is 2.16. The van der Waals surface area contributed by atoms with Gasteiger partial charge in [-0.2, -0.15) is 0 Å². The lowest BCUT2D eigenvalue weighted by atomic mass is 10.4. The number of thioether (sulfide) groups is 1. The first kappa shape index (κ1) is 8.18. The highest BCUT2D eigenvalue weighted by atomic mass is 32.2. The van der Waals surface area contributed by atoms with Crippen molar-refractivity contribution < 1.29 is 9.59 Å². The lowest BCUT2D eigenvalue weighted by molar-refractivity contribution is -0.109. The van der Waals surface area contributed by atoms with Crippen LogP contribution in [0.2, 0.25) is 0 Å². The summed E-state index contributed by atoms with van der Waals surface area (Å²) >= 11 is 1.08. The van der Waals surface area contributed by atoms with E-state index in [-0.39, 0.29) is 17.4 Å². The molecule has 1 aliphatic rings. The van der Waals surface area contributed by atoms with Crippen LogP contribution in [-0.2, 0) is 4.79 Å². The smallest absolute Gasteiger partial charge is 0.212 e. The van der Waals surface area contributed by atoms with Crippen LogP contribution in [-0.4, -0.2) is 28.1 Å². The first-order chi connectivity index (χ1) is 6.29. The molecule has 1 aromatic rings. The molecule has 0 fully saturated rings. The van der Waals surface area contributed by atoms with Crippen molar-refractivity contribution in [2.75, 3.05) is 11.9 Å².